The zero-order valence-corrected chi connectivity index (χ0v) is 37.9. The van der Waals surface area contributed by atoms with Gasteiger partial charge in [-0.05, 0) is 67.7 Å². The van der Waals surface area contributed by atoms with Crippen LogP contribution in [-0.4, -0.2) is 54.2 Å². The standard InChI is InChI=1S/C42H81NO4SSi2/c1-14-15-16-24-27-35(2)28-25-22-20-18-17-19-21-23-26-29-38-40(47-50(12,13)42(7,8)9)39(34-46-49(10,11)41(4,5)6)43(38)48(44,45)37-32-30-36(3)31-33-37/h30-33,35,38-40H,14-29,34H2,1-13H3/t35-,38+,39+,40-/m1/s1. The minimum Gasteiger partial charge on any atom is -0.415 e. The van der Waals surface area contributed by atoms with Crippen molar-refractivity contribution in [1.82, 2.24) is 4.31 Å². The zero-order chi connectivity index (χ0) is 37.8. The fourth-order valence-corrected chi connectivity index (χ4v) is 10.9. The largest absolute Gasteiger partial charge is 0.415 e. The Balaban J connectivity index is 2.04. The van der Waals surface area contributed by atoms with Crippen LogP contribution < -0.4 is 0 Å². The molecule has 5 nitrogen and oxygen atoms in total. The topological polar surface area (TPSA) is 55.8 Å². The lowest BCUT2D eigenvalue weighted by Gasteiger charge is -2.57. The molecule has 0 bridgehead atoms. The van der Waals surface area contributed by atoms with E-state index in [0.717, 1.165) is 30.7 Å². The molecule has 0 spiro atoms. The van der Waals surface area contributed by atoms with E-state index in [-0.39, 0.29) is 28.3 Å². The van der Waals surface area contributed by atoms with Crippen molar-refractivity contribution in [3.63, 3.8) is 0 Å². The van der Waals surface area contributed by atoms with Crippen LogP contribution in [0.15, 0.2) is 29.2 Å². The number of unbranched alkanes of at least 4 members (excludes halogenated alkanes) is 11. The minimum absolute atomic E-state index is 0.0329. The molecule has 4 atom stereocenters. The van der Waals surface area contributed by atoms with Gasteiger partial charge in [-0.25, -0.2) is 8.42 Å². The van der Waals surface area contributed by atoms with E-state index in [1.165, 1.54) is 83.5 Å². The lowest BCUT2D eigenvalue weighted by Crippen LogP contribution is -2.73. The maximum atomic E-state index is 14.4. The van der Waals surface area contributed by atoms with Gasteiger partial charge < -0.3 is 8.85 Å². The summed E-state index contributed by atoms with van der Waals surface area (Å²) < 4.78 is 44.5. The first kappa shape index (κ1) is 45.6. The van der Waals surface area contributed by atoms with Crippen LogP contribution >= 0.6 is 0 Å². The van der Waals surface area contributed by atoms with Crippen molar-refractivity contribution in [2.45, 2.75) is 224 Å². The first-order valence-corrected chi connectivity index (χ1v) is 27.8. The molecule has 8 heteroatoms. The summed E-state index contributed by atoms with van der Waals surface area (Å²) in [6, 6.07) is 6.86. The Hall–Kier alpha value is -0.516. The van der Waals surface area contributed by atoms with Crippen molar-refractivity contribution in [1.29, 1.82) is 0 Å². The van der Waals surface area contributed by atoms with Gasteiger partial charge in [0, 0.05) is 0 Å². The van der Waals surface area contributed by atoms with Crippen molar-refractivity contribution < 1.29 is 17.3 Å². The van der Waals surface area contributed by atoms with Gasteiger partial charge in [0.25, 0.3) is 0 Å². The first-order chi connectivity index (χ1) is 23.2. The number of aryl methyl sites for hydroxylation is 1. The summed E-state index contributed by atoms with van der Waals surface area (Å²) in [5, 5.41) is 0.0733. The summed E-state index contributed by atoms with van der Waals surface area (Å²) >= 11 is 0. The molecule has 0 aliphatic carbocycles. The molecular formula is C42H81NO4SSi2. The van der Waals surface area contributed by atoms with Crippen molar-refractivity contribution in [2.75, 3.05) is 6.61 Å². The predicted molar refractivity (Wildman–Crippen MR) is 222 cm³/mol. The molecule has 2 rings (SSSR count). The molecule has 292 valence electrons. The van der Waals surface area contributed by atoms with Crippen LogP contribution in [0.5, 0.6) is 0 Å². The Kier molecular flexibility index (Phi) is 18.5. The average Bonchev–Trinajstić information content (AvgIpc) is 3.00. The molecule has 1 aliphatic heterocycles. The highest BCUT2D eigenvalue weighted by atomic mass is 32.2. The van der Waals surface area contributed by atoms with E-state index >= 15 is 0 Å². The van der Waals surface area contributed by atoms with Crippen LogP contribution in [0.4, 0.5) is 0 Å². The van der Waals surface area contributed by atoms with Gasteiger partial charge in [-0.2, -0.15) is 4.31 Å². The van der Waals surface area contributed by atoms with Gasteiger partial charge in [-0.3, -0.25) is 0 Å². The monoisotopic (exact) mass is 752 g/mol. The van der Waals surface area contributed by atoms with Gasteiger partial charge >= 0.3 is 0 Å². The number of rotatable bonds is 24. The molecule has 1 saturated heterocycles. The Bertz CT molecular complexity index is 1200. The number of benzene rings is 1. The normalized spacial score (nSPS) is 20.2. The molecule has 50 heavy (non-hydrogen) atoms. The van der Waals surface area contributed by atoms with E-state index in [1.54, 1.807) is 16.4 Å². The molecule has 0 aromatic heterocycles. The number of nitrogens with zero attached hydrogens (tertiary/aromatic N) is 1. The second kappa shape index (κ2) is 20.2. The quantitative estimate of drug-likeness (QED) is 0.0779. The third-order valence-electron chi connectivity index (χ3n) is 12.4. The third-order valence-corrected chi connectivity index (χ3v) is 23.4. The highest BCUT2D eigenvalue weighted by Gasteiger charge is 2.58. The number of hydrogen-bond donors (Lipinski definition) is 0. The zero-order valence-electron chi connectivity index (χ0n) is 35.1. The van der Waals surface area contributed by atoms with E-state index in [1.807, 2.05) is 19.1 Å². The molecular weight excluding hydrogens is 671 g/mol. The number of sulfonamides is 1. The van der Waals surface area contributed by atoms with Crippen LogP contribution in [0.1, 0.15) is 164 Å². The van der Waals surface area contributed by atoms with Gasteiger partial charge in [-0.1, -0.05) is 169 Å². The van der Waals surface area contributed by atoms with Crippen molar-refractivity contribution >= 4 is 26.7 Å². The highest BCUT2D eigenvalue weighted by Crippen LogP contribution is 2.45. The second-order valence-corrected chi connectivity index (χ2v) is 30.3. The first-order valence-electron chi connectivity index (χ1n) is 20.6. The molecule has 1 aromatic rings. The Morgan fingerprint density at radius 2 is 1.16 bits per heavy atom. The van der Waals surface area contributed by atoms with E-state index in [9.17, 15) is 8.42 Å². The minimum atomic E-state index is -3.72. The molecule has 0 N–H and O–H groups in total. The van der Waals surface area contributed by atoms with Crippen LogP contribution in [-0.2, 0) is 18.9 Å². The molecule has 1 heterocycles. The van der Waals surface area contributed by atoms with E-state index in [4.69, 9.17) is 8.85 Å². The molecule has 1 fully saturated rings. The lowest BCUT2D eigenvalue weighted by molar-refractivity contribution is -0.0777. The molecule has 0 unspecified atom stereocenters. The summed E-state index contributed by atoms with van der Waals surface area (Å²) in [5.41, 5.74) is 1.06. The molecule has 1 aromatic carbocycles. The Morgan fingerprint density at radius 3 is 1.64 bits per heavy atom. The van der Waals surface area contributed by atoms with Crippen molar-refractivity contribution in [3.05, 3.63) is 29.8 Å². The van der Waals surface area contributed by atoms with Gasteiger partial charge in [-0.15, -0.1) is 0 Å². The van der Waals surface area contributed by atoms with Gasteiger partial charge in [0.05, 0.1) is 29.7 Å². The van der Waals surface area contributed by atoms with Crippen LogP contribution in [0.2, 0.25) is 36.3 Å². The average molecular weight is 752 g/mol. The maximum absolute atomic E-state index is 14.4. The Labute approximate surface area is 313 Å². The lowest BCUT2D eigenvalue weighted by atomic mass is 9.89. The van der Waals surface area contributed by atoms with Crippen LogP contribution in [0.25, 0.3) is 0 Å². The Morgan fingerprint density at radius 1 is 0.700 bits per heavy atom. The smallest absolute Gasteiger partial charge is 0.243 e. The van der Waals surface area contributed by atoms with Gasteiger partial charge in [0.15, 0.2) is 16.6 Å². The van der Waals surface area contributed by atoms with Crippen LogP contribution in [0.3, 0.4) is 0 Å². The second-order valence-electron chi connectivity index (χ2n) is 18.9. The summed E-state index contributed by atoms with van der Waals surface area (Å²) in [6.45, 7) is 29.7. The maximum Gasteiger partial charge on any atom is 0.243 e. The van der Waals surface area contributed by atoms with E-state index in [0.29, 0.717) is 11.5 Å². The van der Waals surface area contributed by atoms with Gasteiger partial charge in [0.1, 0.15) is 0 Å². The SMILES string of the molecule is CCCCCC[C@@H](C)CCCCCCCCCCC[C@H]1[C@@H](O[Si](C)(C)C(C)(C)C)[C@H](CO[Si](C)(C)C(C)(C)C)N1S(=O)(=O)c1ccc(C)cc1. The molecule has 0 saturated carbocycles. The molecule has 1 aliphatic rings. The predicted octanol–water partition coefficient (Wildman–Crippen LogP) is 13.0. The van der Waals surface area contributed by atoms with Crippen molar-refractivity contribution in [3.8, 4) is 0 Å². The van der Waals surface area contributed by atoms with Crippen LogP contribution in [0, 0.1) is 12.8 Å². The highest BCUT2D eigenvalue weighted by molar-refractivity contribution is 7.89. The van der Waals surface area contributed by atoms with E-state index in [2.05, 4.69) is 81.6 Å². The summed E-state index contributed by atoms with van der Waals surface area (Å²) in [4.78, 5) is 0.373. The fraction of sp³-hybridized carbons (Fsp3) is 0.857. The fourth-order valence-electron chi connectivity index (χ4n) is 6.67. The summed E-state index contributed by atoms with van der Waals surface area (Å²) in [7, 11) is -7.99. The summed E-state index contributed by atoms with van der Waals surface area (Å²) in [5.74, 6) is 0.886. The molecule has 0 amide bonds. The molecule has 0 radical (unpaired) electrons. The summed E-state index contributed by atoms with van der Waals surface area (Å²) in [6.07, 6.45) is 20.5. The number of hydrogen-bond acceptors (Lipinski definition) is 4. The van der Waals surface area contributed by atoms with Gasteiger partial charge in [0.2, 0.25) is 10.0 Å². The van der Waals surface area contributed by atoms with E-state index < -0.39 is 26.7 Å². The van der Waals surface area contributed by atoms with Crippen molar-refractivity contribution in [2.24, 2.45) is 5.92 Å². The third kappa shape index (κ3) is 13.7.